The van der Waals surface area contributed by atoms with Crippen molar-refractivity contribution in [2.75, 3.05) is 6.61 Å². The summed E-state index contributed by atoms with van der Waals surface area (Å²) in [6, 6.07) is 6.82. The molecule has 0 aromatic heterocycles. The van der Waals surface area contributed by atoms with Gasteiger partial charge in [-0.1, -0.05) is 15.9 Å². The molecule has 1 heterocycles. The van der Waals surface area contributed by atoms with E-state index in [1.54, 1.807) is 24.3 Å². The van der Waals surface area contributed by atoms with E-state index in [1.165, 1.54) is 0 Å². The SMILES string of the molecule is OC[C@@H]1O[C@H](Oc2ccc(Br)cc2)[C@@H](O)[C@H](O)[C@H]1O. The Kier molecular flexibility index (Phi) is 4.77. The first-order valence-electron chi connectivity index (χ1n) is 5.75. The Hall–Kier alpha value is -0.700. The predicted molar refractivity (Wildman–Crippen MR) is 68.5 cm³/mol. The first kappa shape index (κ1) is 14.7. The van der Waals surface area contributed by atoms with Crippen LogP contribution < -0.4 is 4.74 Å². The molecule has 0 aliphatic carbocycles. The molecule has 1 saturated heterocycles. The molecule has 0 spiro atoms. The Morgan fingerprint density at radius 1 is 1.05 bits per heavy atom. The van der Waals surface area contributed by atoms with Crippen molar-refractivity contribution in [1.82, 2.24) is 0 Å². The van der Waals surface area contributed by atoms with Crippen LogP contribution in [0.4, 0.5) is 0 Å². The van der Waals surface area contributed by atoms with Gasteiger partial charge in [0.05, 0.1) is 6.61 Å². The molecule has 0 amide bonds. The highest BCUT2D eigenvalue weighted by Gasteiger charge is 2.44. The van der Waals surface area contributed by atoms with Gasteiger partial charge in [-0.25, -0.2) is 0 Å². The Balaban J connectivity index is 2.08. The summed E-state index contributed by atoms with van der Waals surface area (Å²) in [5.74, 6) is 0.438. The maximum absolute atomic E-state index is 9.79. The molecule has 5 atom stereocenters. The molecule has 106 valence electrons. The third-order valence-corrected chi connectivity index (χ3v) is 3.44. The van der Waals surface area contributed by atoms with Crippen molar-refractivity contribution < 1.29 is 29.9 Å². The van der Waals surface area contributed by atoms with E-state index in [1.807, 2.05) is 0 Å². The second-order valence-electron chi connectivity index (χ2n) is 4.27. The largest absolute Gasteiger partial charge is 0.462 e. The van der Waals surface area contributed by atoms with Crippen molar-refractivity contribution in [3.63, 3.8) is 0 Å². The van der Waals surface area contributed by atoms with Crippen LogP contribution in [0.5, 0.6) is 5.75 Å². The molecule has 0 radical (unpaired) electrons. The molecule has 1 aliphatic rings. The van der Waals surface area contributed by atoms with E-state index in [0.29, 0.717) is 5.75 Å². The highest BCUT2D eigenvalue weighted by molar-refractivity contribution is 9.10. The molecule has 4 N–H and O–H groups in total. The van der Waals surface area contributed by atoms with Crippen LogP contribution >= 0.6 is 15.9 Å². The minimum atomic E-state index is -1.44. The highest BCUT2D eigenvalue weighted by Crippen LogP contribution is 2.25. The zero-order valence-electron chi connectivity index (χ0n) is 9.89. The third kappa shape index (κ3) is 3.25. The molecule has 1 aliphatic heterocycles. The smallest absolute Gasteiger partial charge is 0.229 e. The number of aliphatic hydroxyl groups is 4. The van der Waals surface area contributed by atoms with Gasteiger partial charge in [0.2, 0.25) is 6.29 Å². The molecule has 0 saturated carbocycles. The summed E-state index contributed by atoms with van der Waals surface area (Å²) >= 11 is 3.28. The molecule has 1 aromatic rings. The van der Waals surface area contributed by atoms with Crippen molar-refractivity contribution in [3.05, 3.63) is 28.7 Å². The maximum Gasteiger partial charge on any atom is 0.229 e. The molecular weight excluding hydrogens is 320 g/mol. The normalized spacial score (nSPS) is 35.1. The molecule has 0 unspecified atom stereocenters. The Bertz CT molecular complexity index is 409. The average Bonchev–Trinajstić information content (AvgIpc) is 2.42. The fraction of sp³-hybridized carbons (Fsp3) is 0.500. The Labute approximate surface area is 118 Å². The van der Waals surface area contributed by atoms with Gasteiger partial charge < -0.3 is 29.9 Å². The lowest BCUT2D eigenvalue weighted by Gasteiger charge is -2.39. The van der Waals surface area contributed by atoms with Crippen molar-refractivity contribution in [1.29, 1.82) is 0 Å². The monoisotopic (exact) mass is 334 g/mol. The fourth-order valence-corrected chi connectivity index (χ4v) is 2.08. The number of aliphatic hydroxyl groups excluding tert-OH is 4. The molecular formula is C12H15BrO6. The zero-order chi connectivity index (χ0) is 14.0. The van der Waals surface area contributed by atoms with Crippen LogP contribution in [0.25, 0.3) is 0 Å². The minimum Gasteiger partial charge on any atom is -0.462 e. The van der Waals surface area contributed by atoms with Crippen molar-refractivity contribution in [2.24, 2.45) is 0 Å². The highest BCUT2D eigenvalue weighted by atomic mass is 79.9. The number of hydrogen-bond acceptors (Lipinski definition) is 6. The van der Waals surface area contributed by atoms with Gasteiger partial charge in [-0.05, 0) is 24.3 Å². The van der Waals surface area contributed by atoms with Crippen molar-refractivity contribution in [2.45, 2.75) is 30.7 Å². The summed E-state index contributed by atoms with van der Waals surface area (Å²) in [5.41, 5.74) is 0. The Morgan fingerprint density at radius 3 is 2.26 bits per heavy atom. The minimum absolute atomic E-state index is 0.438. The van der Waals surface area contributed by atoms with Gasteiger partial charge in [0, 0.05) is 4.47 Å². The van der Waals surface area contributed by atoms with Gasteiger partial charge in [0.15, 0.2) is 0 Å². The standard InChI is InChI=1S/C12H15BrO6/c13-6-1-3-7(4-2-6)18-12-11(17)10(16)9(15)8(5-14)19-12/h1-4,8-12,14-17H,5H2/t8-,9-,10+,11-,12-/m0/s1. The van der Waals surface area contributed by atoms with Crippen LogP contribution in [0.2, 0.25) is 0 Å². The molecule has 2 rings (SSSR count). The lowest BCUT2D eigenvalue weighted by molar-refractivity contribution is -0.277. The van der Waals surface area contributed by atoms with Crippen LogP contribution in [-0.4, -0.2) is 57.7 Å². The van der Waals surface area contributed by atoms with Gasteiger partial charge in [0.25, 0.3) is 0 Å². The first-order chi connectivity index (χ1) is 9.02. The Morgan fingerprint density at radius 2 is 1.68 bits per heavy atom. The van der Waals surface area contributed by atoms with Crippen LogP contribution in [0, 0.1) is 0 Å². The second kappa shape index (κ2) is 6.17. The van der Waals surface area contributed by atoms with E-state index in [-0.39, 0.29) is 0 Å². The summed E-state index contributed by atoms with van der Waals surface area (Å²) in [7, 11) is 0. The summed E-state index contributed by atoms with van der Waals surface area (Å²) in [5, 5.41) is 38.1. The lowest BCUT2D eigenvalue weighted by Crippen LogP contribution is -2.60. The first-order valence-corrected chi connectivity index (χ1v) is 6.55. The molecule has 1 fully saturated rings. The van der Waals surface area contributed by atoms with E-state index in [4.69, 9.17) is 14.6 Å². The number of hydrogen-bond donors (Lipinski definition) is 4. The predicted octanol–water partition coefficient (Wildman–Crippen LogP) is -0.372. The third-order valence-electron chi connectivity index (χ3n) is 2.91. The van der Waals surface area contributed by atoms with Gasteiger partial charge in [-0.2, -0.15) is 0 Å². The van der Waals surface area contributed by atoms with Crippen LogP contribution in [0.1, 0.15) is 0 Å². The second-order valence-corrected chi connectivity index (χ2v) is 5.18. The molecule has 1 aromatic carbocycles. The quantitative estimate of drug-likeness (QED) is 0.602. The van der Waals surface area contributed by atoms with E-state index in [0.717, 1.165) is 4.47 Å². The van der Waals surface area contributed by atoms with Crippen molar-refractivity contribution >= 4 is 15.9 Å². The van der Waals surface area contributed by atoms with E-state index >= 15 is 0 Å². The van der Waals surface area contributed by atoms with Gasteiger partial charge in [-0.15, -0.1) is 0 Å². The molecule has 19 heavy (non-hydrogen) atoms. The van der Waals surface area contributed by atoms with E-state index < -0.39 is 37.3 Å². The summed E-state index contributed by atoms with van der Waals surface area (Å²) in [6.45, 7) is -0.481. The number of rotatable bonds is 3. The molecule has 6 nitrogen and oxygen atoms in total. The van der Waals surface area contributed by atoms with E-state index in [2.05, 4.69) is 15.9 Å². The average molecular weight is 335 g/mol. The number of ether oxygens (including phenoxy) is 2. The topological polar surface area (TPSA) is 99.4 Å². The summed E-state index contributed by atoms with van der Waals surface area (Å²) in [6.07, 6.45) is -6.35. The number of benzene rings is 1. The number of halogens is 1. The van der Waals surface area contributed by atoms with Crippen LogP contribution in [-0.2, 0) is 4.74 Å². The summed E-state index contributed by atoms with van der Waals surface area (Å²) in [4.78, 5) is 0. The zero-order valence-corrected chi connectivity index (χ0v) is 11.5. The van der Waals surface area contributed by atoms with Crippen molar-refractivity contribution in [3.8, 4) is 5.75 Å². The van der Waals surface area contributed by atoms with E-state index in [9.17, 15) is 15.3 Å². The van der Waals surface area contributed by atoms with Crippen LogP contribution in [0.15, 0.2) is 28.7 Å². The van der Waals surface area contributed by atoms with Crippen LogP contribution in [0.3, 0.4) is 0 Å². The molecule has 7 heteroatoms. The molecule has 0 bridgehead atoms. The van der Waals surface area contributed by atoms with Gasteiger partial charge in [-0.3, -0.25) is 0 Å². The lowest BCUT2D eigenvalue weighted by atomic mass is 9.99. The van der Waals surface area contributed by atoms with Gasteiger partial charge >= 0.3 is 0 Å². The van der Waals surface area contributed by atoms with Gasteiger partial charge in [0.1, 0.15) is 30.2 Å². The summed E-state index contributed by atoms with van der Waals surface area (Å²) < 4.78 is 11.5. The fourth-order valence-electron chi connectivity index (χ4n) is 1.81. The maximum atomic E-state index is 9.79.